The molecule has 0 saturated carbocycles. The van der Waals surface area contributed by atoms with E-state index in [-0.39, 0.29) is 17.9 Å². The molecular formula is C19H25N3O3. The summed E-state index contributed by atoms with van der Waals surface area (Å²) in [6, 6.07) is 10.1. The molecular weight excluding hydrogens is 318 g/mol. The lowest BCUT2D eigenvalue weighted by Gasteiger charge is -2.25. The number of aromatic nitrogens is 2. The normalized spacial score (nSPS) is 20.6. The third kappa shape index (κ3) is 3.69. The first kappa shape index (κ1) is 17.5. The second kappa shape index (κ2) is 7.27. The van der Waals surface area contributed by atoms with Gasteiger partial charge in [0.1, 0.15) is 5.75 Å². The van der Waals surface area contributed by atoms with Crippen molar-refractivity contribution in [3.63, 3.8) is 0 Å². The number of hydrogen-bond acceptors (Lipinski definition) is 5. The molecule has 0 aliphatic carbocycles. The number of aryl methyl sites for hydroxylation is 2. The van der Waals surface area contributed by atoms with Crippen LogP contribution in [0.1, 0.15) is 34.2 Å². The molecule has 0 bridgehead atoms. The molecule has 6 nitrogen and oxygen atoms in total. The third-order valence-corrected chi connectivity index (χ3v) is 4.98. The van der Waals surface area contributed by atoms with E-state index in [0.717, 1.165) is 24.4 Å². The minimum atomic E-state index is -0.355. The van der Waals surface area contributed by atoms with Crippen LogP contribution in [0.5, 0.6) is 5.75 Å². The van der Waals surface area contributed by atoms with E-state index >= 15 is 0 Å². The van der Waals surface area contributed by atoms with E-state index in [1.54, 1.807) is 17.9 Å². The number of hydrogen-bond donors (Lipinski definition) is 0. The third-order valence-electron chi connectivity index (χ3n) is 4.98. The number of benzene rings is 1. The highest BCUT2D eigenvalue weighted by Gasteiger charge is 2.34. The molecule has 2 aromatic rings. The van der Waals surface area contributed by atoms with Crippen molar-refractivity contribution in [3.8, 4) is 5.75 Å². The Bertz CT molecular complexity index is 719. The molecule has 1 saturated heterocycles. The fraction of sp³-hybridized carbons (Fsp3) is 0.474. The summed E-state index contributed by atoms with van der Waals surface area (Å²) in [5, 5.41) is 4.18. The maximum atomic E-state index is 12.2. The standard InChI is InChI=1S/C19H25N3O3/c1-13-11-17(20-22(13)3)19(23)25-12-15-9-10-21(2)18(15)14-5-7-16(24-4)8-6-14/h5-8,11,15,18H,9-10,12H2,1-4H3/t15-,18+/m0/s1. The molecule has 0 amide bonds. The van der Waals surface area contributed by atoms with Crippen LogP contribution in [0.4, 0.5) is 0 Å². The van der Waals surface area contributed by atoms with Gasteiger partial charge in [-0.05, 0) is 50.7 Å². The Kier molecular flexibility index (Phi) is 5.08. The molecule has 1 fully saturated rings. The number of carbonyl (C=O) groups is 1. The molecule has 2 heterocycles. The van der Waals surface area contributed by atoms with Gasteiger partial charge in [-0.25, -0.2) is 4.79 Å². The van der Waals surface area contributed by atoms with Gasteiger partial charge >= 0.3 is 5.97 Å². The molecule has 3 rings (SSSR count). The average molecular weight is 343 g/mol. The summed E-state index contributed by atoms with van der Waals surface area (Å²) in [6.07, 6.45) is 1.00. The fourth-order valence-corrected chi connectivity index (χ4v) is 3.45. The molecule has 1 aliphatic rings. The number of ether oxygens (including phenoxy) is 2. The topological polar surface area (TPSA) is 56.6 Å². The maximum Gasteiger partial charge on any atom is 0.358 e. The van der Waals surface area contributed by atoms with Gasteiger partial charge in [0.05, 0.1) is 13.7 Å². The van der Waals surface area contributed by atoms with Crippen LogP contribution in [0.25, 0.3) is 0 Å². The monoisotopic (exact) mass is 343 g/mol. The van der Waals surface area contributed by atoms with Gasteiger partial charge in [-0.15, -0.1) is 0 Å². The van der Waals surface area contributed by atoms with Crippen molar-refractivity contribution in [1.82, 2.24) is 14.7 Å². The largest absolute Gasteiger partial charge is 0.497 e. The molecule has 1 aliphatic heterocycles. The van der Waals surface area contributed by atoms with Crippen LogP contribution < -0.4 is 4.74 Å². The van der Waals surface area contributed by atoms with Crippen LogP contribution >= 0.6 is 0 Å². The molecule has 6 heteroatoms. The highest BCUT2D eigenvalue weighted by atomic mass is 16.5. The molecule has 2 atom stereocenters. The number of carbonyl (C=O) groups excluding carboxylic acids is 1. The summed E-state index contributed by atoms with van der Waals surface area (Å²) in [4.78, 5) is 14.6. The Morgan fingerprint density at radius 2 is 2.00 bits per heavy atom. The summed E-state index contributed by atoms with van der Waals surface area (Å²) in [5.74, 6) is 0.761. The second-order valence-corrected chi connectivity index (χ2v) is 6.64. The minimum Gasteiger partial charge on any atom is -0.497 e. The average Bonchev–Trinajstić information content (AvgIpc) is 3.15. The first-order chi connectivity index (χ1) is 12.0. The zero-order chi connectivity index (χ0) is 18.0. The van der Waals surface area contributed by atoms with Gasteiger partial charge in [-0.2, -0.15) is 5.10 Å². The lowest BCUT2D eigenvalue weighted by molar-refractivity contribution is 0.0404. The summed E-state index contributed by atoms with van der Waals surface area (Å²) in [5.41, 5.74) is 2.52. The molecule has 0 unspecified atom stereocenters. The van der Waals surface area contributed by atoms with Crippen LogP contribution in [0, 0.1) is 12.8 Å². The van der Waals surface area contributed by atoms with E-state index < -0.39 is 0 Å². The Morgan fingerprint density at radius 3 is 2.60 bits per heavy atom. The zero-order valence-electron chi connectivity index (χ0n) is 15.2. The minimum absolute atomic E-state index is 0.240. The van der Waals surface area contributed by atoms with Crippen LogP contribution in [0.2, 0.25) is 0 Å². The summed E-state index contributed by atoms with van der Waals surface area (Å²) >= 11 is 0. The van der Waals surface area contributed by atoms with Crippen molar-refractivity contribution >= 4 is 5.97 Å². The predicted molar refractivity (Wildman–Crippen MR) is 94.7 cm³/mol. The van der Waals surface area contributed by atoms with Gasteiger partial charge in [-0.1, -0.05) is 12.1 Å². The van der Waals surface area contributed by atoms with Crippen molar-refractivity contribution in [2.75, 3.05) is 27.3 Å². The van der Waals surface area contributed by atoms with Crippen molar-refractivity contribution in [2.45, 2.75) is 19.4 Å². The highest BCUT2D eigenvalue weighted by molar-refractivity contribution is 5.87. The van der Waals surface area contributed by atoms with E-state index in [4.69, 9.17) is 9.47 Å². The summed E-state index contributed by atoms with van der Waals surface area (Å²) < 4.78 is 12.5. The molecule has 0 radical (unpaired) electrons. The maximum absolute atomic E-state index is 12.2. The first-order valence-corrected chi connectivity index (χ1v) is 8.51. The van der Waals surface area contributed by atoms with Crippen molar-refractivity contribution in [2.24, 2.45) is 13.0 Å². The Hall–Kier alpha value is -2.34. The number of methoxy groups -OCH3 is 1. The molecule has 0 N–H and O–H groups in total. The van der Waals surface area contributed by atoms with Gasteiger partial charge in [0.2, 0.25) is 0 Å². The number of likely N-dealkylation sites (tertiary alicyclic amines) is 1. The van der Waals surface area contributed by atoms with Crippen LogP contribution in [0.15, 0.2) is 30.3 Å². The quantitative estimate of drug-likeness (QED) is 0.781. The van der Waals surface area contributed by atoms with E-state index in [1.807, 2.05) is 26.1 Å². The van der Waals surface area contributed by atoms with Gasteiger partial charge in [-0.3, -0.25) is 9.58 Å². The van der Waals surface area contributed by atoms with Crippen molar-refractivity contribution in [3.05, 3.63) is 47.3 Å². The lowest BCUT2D eigenvalue weighted by atomic mass is 9.94. The van der Waals surface area contributed by atoms with Crippen LogP contribution in [0.3, 0.4) is 0 Å². The molecule has 0 spiro atoms. The summed E-state index contributed by atoms with van der Waals surface area (Å²) in [6.45, 7) is 3.30. The Balaban J connectivity index is 1.67. The lowest BCUT2D eigenvalue weighted by Crippen LogP contribution is -2.24. The zero-order valence-corrected chi connectivity index (χ0v) is 15.2. The van der Waals surface area contributed by atoms with E-state index in [9.17, 15) is 4.79 Å². The van der Waals surface area contributed by atoms with E-state index in [2.05, 4.69) is 29.2 Å². The van der Waals surface area contributed by atoms with Crippen molar-refractivity contribution < 1.29 is 14.3 Å². The highest BCUT2D eigenvalue weighted by Crippen LogP contribution is 2.36. The predicted octanol–water partition coefficient (Wildman–Crippen LogP) is 2.59. The molecule has 134 valence electrons. The first-order valence-electron chi connectivity index (χ1n) is 8.51. The SMILES string of the molecule is COc1ccc([C@@H]2[C@H](COC(=O)c3cc(C)n(C)n3)CCN2C)cc1. The van der Waals surface area contributed by atoms with Gasteiger partial charge in [0, 0.05) is 24.7 Å². The van der Waals surface area contributed by atoms with Gasteiger partial charge in [0.25, 0.3) is 0 Å². The fourth-order valence-electron chi connectivity index (χ4n) is 3.45. The molecule has 1 aromatic carbocycles. The van der Waals surface area contributed by atoms with Gasteiger partial charge in [0.15, 0.2) is 5.69 Å². The Morgan fingerprint density at radius 1 is 1.28 bits per heavy atom. The second-order valence-electron chi connectivity index (χ2n) is 6.64. The molecule has 25 heavy (non-hydrogen) atoms. The summed E-state index contributed by atoms with van der Waals surface area (Å²) in [7, 11) is 5.59. The van der Waals surface area contributed by atoms with Crippen LogP contribution in [-0.4, -0.2) is 48.0 Å². The number of nitrogens with zero attached hydrogens (tertiary/aromatic N) is 3. The van der Waals surface area contributed by atoms with E-state index in [0.29, 0.717) is 12.3 Å². The Labute approximate surface area is 148 Å². The van der Waals surface area contributed by atoms with Crippen molar-refractivity contribution in [1.29, 1.82) is 0 Å². The van der Waals surface area contributed by atoms with Gasteiger partial charge < -0.3 is 9.47 Å². The number of rotatable bonds is 5. The van der Waals surface area contributed by atoms with E-state index in [1.165, 1.54) is 5.56 Å². The van der Waals surface area contributed by atoms with Crippen LogP contribution in [-0.2, 0) is 11.8 Å². The molecule has 1 aromatic heterocycles. The smallest absolute Gasteiger partial charge is 0.358 e. The number of esters is 1.